The minimum Gasteiger partial charge on any atom is -0.481 e. The average Bonchev–Trinajstić information content (AvgIpc) is 2.72. The van der Waals surface area contributed by atoms with Crippen LogP contribution in [0.15, 0.2) is 46.9 Å². The third-order valence-corrected chi connectivity index (χ3v) is 11.5. The predicted octanol–water partition coefficient (Wildman–Crippen LogP) is 4.89. The van der Waals surface area contributed by atoms with E-state index in [9.17, 15) is 4.79 Å². The summed E-state index contributed by atoms with van der Waals surface area (Å²) in [4.78, 5) is 21.7. The number of carbonyl (C=O) groups is 1. The van der Waals surface area contributed by atoms with Crippen LogP contribution in [-0.4, -0.2) is 32.0 Å². The van der Waals surface area contributed by atoms with E-state index < -0.39 is 14.1 Å². The van der Waals surface area contributed by atoms with Gasteiger partial charge in [0.2, 0.25) is 11.7 Å². The van der Waals surface area contributed by atoms with Gasteiger partial charge in [-0.2, -0.15) is 0 Å². The SMILES string of the molecule is [C-]#[N+]C1C[C@@H](C)[C@H]([Si](C)(C)c2ccccc2)[C@@H](Cc2nc(OC)ccc2Br)C1=O. The van der Waals surface area contributed by atoms with Crippen LogP contribution in [0.3, 0.4) is 0 Å². The van der Waals surface area contributed by atoms with Crippen molar-refractivity contribution in [2.75, 3.05) is 7.11 Å². The van der Waals surface area contributed by atoms with E-state index in [0.717, 1.165) is 10.2 Å². The van der Waals surface area contributed by atoms with Gasteiger partial charge >= 0.3 is 0 Å². The van der Waals surface area contributed by atoms with Crippen molar-refractivity contribution in [1.29, 1.82) is 0 Å². The predicted molar refractivity (Wildman–Crippen MR) is 122 cm³/mol. The molecule has 0 saturated heterocycles. The van der Waals surface area contributed by atoms with Gasteiger partial charge in [0.05, 0.1) is 20.9 Å². The number of pyridine rings is 1. The Kier molecular flexibility index (Phi) is 6.60. The molecule has 0 bridgehead atoms. The lowest BCUT2D eigenvalue weighted by atomic mass is 9.76. The van der Waals surface area contributed by atoms with Crippen LogP contribution < -0.4 is 9.92 Å². The second-order valence-corrected chi connectivity index (χ2v) is 14.0. The summed E-state index contributed by atoms with van der Waals surface area (Å²) in [6.45, 7) is 14.5. The standard InChI is InChI=1S/C23H27BrN2O2Si/c1-15-13-20(25-2)22(27)17(14-19-18(24)11-12-21(26-19)28-3)23(15)29(4,5)16-9-7-6-8-10-16/h6-12,15,17,20,23H,13-14H2,1,3-5H3/t15-,17+,20?,23+/m1/s1. The lowest BCUT2D eigenvalue weighted by molar-refractivity contribution is -0.126. The highest BCUT2D eigenvalue weighted by Gasteiger charge is 2.52. The number of benzene rings is 1. The van der Waals surface area contributed by atoms with Crippen molar-refractivity contribution in [3.05, 3.63) is 64.0 Å². The van der Waals surface area contributed by atoms with E-state index in [1.165, 1.54) is 5.19 Å². The number of ketones is 1. The maximum atomic E-state index is 13.4. The molecule has 1 unspecified atom stereocenters. The molecule has 4 atom stereocenters. The number of halogens is 1. The van der Waals surface area contributed by atoms with Gasteiger partial charge in [-0.3, -0.25) is 4.79 Å². The minimum atomic E-state index is -1.98. The lowest BCUT2D eigenvalue weighted by Gasteiger charge is -2.44. The molecule has 3 rings (SSSR count). The van der Waals surface area contributed by atoms with Gasteiger partial charge < -0.3 is 9.58 Å². The van der Waals surface area contributed by atoms with Crippen molar-refractivity contribution >= 4 is 35.0 Å². The molecule has 1 aromatic heterocycles. The highest BCUT2D eigenvalue weighted by molar-refractivity contribution is 9.10. The van der Waals surface area contributed by atoms with Gasteiger partial charge in [0.15, 0.2) is 0 Å². The van der Waals surface area contributed by atoms with E-state index in [4.69, 9.17) is 11.3 Å². The highest BCUT2D eigenvalue weighted by Crippen LogP contribution is 2.46. The van der Waals surface area contributed by atoms with Gasteiger partial charge in [-0.15, -0.1) is 0 Å². The second-order valence-electron chi connectivity index (χ2n) is 8.47. The number of hydrogen-bond acceptors (Lipinski definition) is 3. The van der Waals surface area contributed by atoms with Gasteiger partial charge in [-0.25, -0.2) is 11.6 Å². The first-order valence-corrected chi connectivity index (χ1v) is 13.8. The van der Waals surface area contributed by atoms with E-state index in [1.54, 1.807) is 13.2 Å². The van der Waals surface area contributed by atoms with Crippen LogP contribution in [0.1, 0.15) is 19.0 Å². The first-order valence-electron chi connectivity index (χ1n) is 9.94. The Hall–Kier alpha value is -1.97. The zero-order chi connectivity index (χ0) is 21.2. The summed E-state index contributed by atoms with van der Waals surface area (Å²) in [6.07, 6.45) is 1.18. The second kappa shape index (κ2) is 8.81. The Balaban J connectivity index is 2.05. The summed E-state index contributed by atoms with van der Waals surface area (Å²) in [5.41, 5.74) is 1.07. The van der Waals surface area contributed by atoms with Crippen LogP contribution >= 0.6 is 15.9 Å². The number of Topliss-reactive ketones (excluding diaryl/α,β-unsaturated/α-hetero) is 1. The Morgan fingerprint density at radius 3 is 2.55 bits per heavy atom. The van der Waals surface area contributed by atoms with Gasteiger partial charge in [0.25, 0.3) is 6.04 Å². The third-order valence-electron chi connectivity index (χ3n) is 6.36. The zero-order valence-corrected chi connectivity index (χ0v) is 19.9. The van der Waals surface area contributed by atoms with Crippen LogP contribution in [0.4, 0.5) is 0 Å². The van der Waals surface area contributed by atoms with Crippen LogP contribution in [0.2, 0.25) is 18.6 Å². The number of hydrogen-bond donors (Lipinski definition) is 0. The number of rotatable bonds is 5. The lowest BCUT2D eigenvalue weighted by Crippen LogP contribution is -2.56. The largest absolute Gasteiger partial charge is 0.481 e. The van der Waals surface area contributed by atoms with Crippen LogP contribution in [0, 0.1) is 18.4 Å². The summed E-state index contributed by atoms with van der Waals surface area (Å²) >= 11 is 3.59. The topological polar surface area (TPSA) is 43.5 Å². The van der Waals surface area contributed by atoms with E-state index >= 15 is 0 Å². The summed E-state index contributed by atoms with van der Waals surface area (Å²) < 4.78 is 6.17. The molecule has 29 heavy (non-hydrogen) atoms. The molecule has 1 aliphatic rings. The van der Waals surface area contributed by atoms with Gasteiger partial charge in [-0.1, -0.05) is 55.5 Å². The van der Waals surface area contributed by atoms with Crippen molar-refractivity contribution in [2.24, 2.45) is 11.8 Å². The van der Waals surface area contributed by atoms with Gasteiger partial charge in [0, 0.05) is 29.3 Å². The van der Waals surface area contributed by atoms with Crippen molar-refractivity contribution in [3.63, 3.8) is 0 Å². The average molecular weight is 471 g/mol. The first-order chi connectivity index (χ1) is 13.8. The molecule has 0 radical (unpaired) electrons. The molecule has 6 heteroatoms. The number of ether oxygens (including phenoxy) is 1. The summed E-state index contributed by atoms with van der Waals surface area (Å²) in [6, 6.07) is 13.8. The molecule has 1 aliphatic carbocycles. The number of aromatic nitrogens is 1. The Labute approximate surface area is 182 Å². The van der Waals surface area contributed by atoms with Gasteiger partial charge in [-0.05, 0) is 33.5 Å². The summed E-state index contributed by atoms with van der Waals surface area (Å²) in [7, 11) is -0.386. The Bertz CT molecular complexity index is 926. The molecule has 0 spiro atoms. The molecular formula is C23H27BrN2O2Si. The van der Waals surface area contributed by atoms with Crippen molar-refractivity contribution in [1.82, 2.24) is 4.98 Å². The monoisotopic (exact) mass is 470 g/mol. The Morgan fingerprint density at radius 2 is 1.93 bits per heavy atom. The van der Waals surface area contributed by atoms with Crippen molar-refractivity contribution < 1.29 is 9.53 Å². The van der Waals surface area contributed by atoms with Crippen molar-refractivity contribution in [2.45, 2.75) is 44.4 Å². The van der Waals surface area contributed by atoms with Gasteiger partial charge in [0.1, 0.15) is 0 Å². The molecule has 0 aliphatic heterocycles. The van der Waals surface area contributed by atoms with Crippen LogP contribution in [0.5, 0.6) is 5.88 Å². The maximum absolute atomic E-state index is 13.4. The minimum absolute atomic E-state index is 0.0797. The van der Waals surface area contributed by atoms with Crippen molar-refractivity contribution in [3.8, 4) is 5.88 Å². The molecule has 0 N–H and O–H groups in total. The van der Waals surface area contributed by atoms with E-state index in [2.05, 4.69) is 70.0 Å². The fourth-order valence-corrected chi connectivity index (χ4v) is 9.65. The smallest absolute Gasteiger partial charge is 0.281 e. The van der Waals surface area contributed by atoms with Crippen LogP contribution in [0.25, 0.3) is 4.85 Å². The molecule has 1 fully saturated rings. The number of carbonyl (C=O) groups excluding carboxylic acids is 1. The van der Waals surface area contributed by atoms with E-state index in [0.29, 0.717) is 24.6 Å². The quantitative estimate of drug-likeness (QED) is 0.461. The molecule has 4 nitrogen and oxygen atoms in total. The molecule has 152 valence electrons. The molecule has 1 aromatic carbocycles. The third kappa shape index (κ3) is 4.31. The molecule has 1 heterocycles. The zero-order valence-electron chi connectivity index (χ0n) is 17.4. The summed E-state index contributed by atoms with van der Waals surface area (Å²) in [5.74, 6) is 0.715. The molecular weight excluding hydrogens is 444 g/mol. The van der Waals surface area contributed by atoms with E-state index in [1.807, 2.05) is 12.1 Å². The summed E-state index contributed by atoms with van der Waals surface area (Å²) in [5, 5.41) is 1.36. The molecule has 1 saturated carbocycles. The molecule has 0 amide bonds. The first kappa shape index (κ1) is 21.7. The fourth-order valence-electron chi connectivity index (χ4n) is 4.98. The molecule has 2 aromatic rings. The normalized spacial score (nSPS) is 24.8. The fraction of sp³-hybridized carbons (Fsp3) is 0.435. The Morgan fingerprint density at radius 1 is 1.24 bits per heavy atom. The van der Waals surface area contributed by atoms with E-state index in [-0.39, 0.29) is 17.2 Å². The van der Waals surface area contributed by atoms with Crippen LogP contribution in [-0.2, 0) is 11.2 Å². The highest BCUT2D eigenvalue weighted by atomic mass is 79.9. The number of methoxy groups -OCH3 is 1. The number of nitrogens with zero attached hydrogens (tertiary/aromatic N) is 2. The maximum Gasteiger partial charge on any atom is 0.281 e.